The van der Waals surface area contributed by atoms with Crippen molar-refractivity contribution < 1.29 is 9.59 Å². The van der Waals surface area contributed by atoms with Crippen molar-refractivity contribution >= 4 is 17.4 Å². The number of carbonyl (C=O) groups excluding carboxylic acids is 2. The zero-order chi connectivity index (χ0) is 21.9. The van der Waals surface area contributed by atoms with Gasteiger partial charge in [-0.25, -0.2) is 0 Å². The molecule has 1 aromatic heterocycles. The van der Waals surface area contributed by atoms with Gasteiger partial charge in [0.15, 0.2) is 0 Å². The van der Waals surface area contributed by atoms with Crippen molar-refractivity contribution in [2.24, 2.45) is 11.1 Å². The molecule has 0 radical (unpaired) electrons. The second kappa shape index (κ2) is 9.04. The molecule has 1 aromatic carbocycles. The highest BCUT2D eigenvalue weighted by Gasteiger charge is 2.35. The van der Waals surface area contributed by atoms with Crippen LogP contribution < -0.4 is 16.4 Å². The Balaban J connectivity index is 1.45. The van der Waals surface area contributed by atoms with Gasteiger partial charge in [-0.15, -0.1) is 0 Å². The number of para-hydroxylation sites is 1. The van der Waals surface area contributed by atoms with Crippen molar-refractivity contribution in [2.45, 2.75) is 59.4 Å². The van der Waals surface area contributed by atoms with Crippen molar-refractivity contribution in [2.75, 3.05) is 18.4 Å². The van der Waals surface area contributed by atoms with Crippen molar-refractivity contribution in [3.8, 4) is 0 Å². The number of aromatic amines is 1. The Bertz CT molecular complexity index is 929. The summed E-state index contributed by atoms with van der Waals surface area (Å²) >= 11 is 0. The van der Waals surface area contributed by atoms with Gasteiger partial charge in [0.2, 0.25) is 0 Å². The normalized spacial score (nSPS) is 16.2. The van der Waals surface area contributed by atoms with Crippen molar-refractivity contribution in [3.63, 3.8) is 0 Å². The van der Waals surface area contributed by atoms with Crippen LogP contribution in [0.5, 0.6) is 0 Å². The fourth-order valence-corrected chi connectivity index (χ4v) is 4.19. The Morgan fingerprint density at radius 1 is 1.30 bits per heavy atom. The van der Waals surface area contributed by atoms with Crippen LogP contribution in [0.3, 0.4) is 0 Å². The molecule has 30 heavy (non-hydrogen) atoms. The molecular formula is C24H34N4O2. The monoisotopic (exact) mass is 410 g/mol. The maximum atomic E-state index is 12.3. The van der Waals surface area contributed by atoms with E-state index in [9.17, 15) is 9.59 Å². The number of carbonyl (C=O) groups is 2. The zero-order valence-corrected chi connectivity index (χ0v) is 18.5. The van der Waals surface area contributed by atoms with E-state index >= 15 is 0 Å². The molecule has 6 heteroatoms. The third-order valence-corrected chi connectivity index (χ3v) is 6.11. The number of aryl methyl sites for hydroxylation is 1. The van der Waals surface area contributed by atoms with Gasteiger partial charge in [0, 0.05) is 41.5 Å². The van der Waals surface area contributed by atoms with Crippen LogP contribution in [-0.2, 0) is 24.1 Å². The molecule has 0 spiro atoms. The van der Waals surface area contributed by atoms with Gasteiger partial charge >= 0.3 is 0 Å². The average molecular weight is 411 g/mol. The number of benzene rings is 1. The second-order valence-corrected chi connectivity index (χ2v) is 9.11. The summed E-state index contributed by atoms with van der Waals surface area (Å²) in [5.41, 5.74) is 11.4. The van der Waals surface area contributed by atoms with Gasteiger partial charge in [-0.2, -0.15) is 0 Å². The molecular weight excluding hydrogens is 376 g/mol. The average Bonchev–Trinajstić information content (AvgIpc) is 2.96. The fourth-order valence-electron chi connectivity index (χ4n) is 4.19. The van der Waals surface area contributed by atoms with E-state index in [1.165, 1.54) is 22.5 Å². The molecule has 0 fully saturated rings. The summed E-state index contributed by atoms with van der Waals surface area (Å²) in [5, 5.41) is 6.83. The lowest BCUT2D eigenvalue weighted by atomic mass is 9.75. The SMILES string of the molecule is Cc1c(CCCNC[C@H](C)Nc2ccccc2C(N)=O)[nH]c2c1CC(=O)C(C)(C)C2. The molecule has 2 aromatic rings. The van der Waals surface area contributed by atoms with Gasteiger partial charge < -0.3 is 21.4 Å². The lowest BCUT2D eigenvalue weighted by Gasteiger charge is -2.27. The molecule has 1 aliphatic rings. The molecule has 162 valence electrons. The number of anilines is 1. The van der Waals surface area contributed by atoms with E-state index in [0.717, 1.165) is 38.0 Å². The van der Waals surface area contributed by atoms with Crippen molar-refractivity contribution in [3.05, 3.63) is 52.3 Å². The molecule has 1 heterocycles. The Morgan fingerprint density at radius 3 is 2.77 bits per heavy atom. The molecule has 1 amide bonds. The quantitative estimate of drug-likeness (QED) is 0.477. The Kier molecular flexibility index (Phi) is 6.66. The second-order valence-electron chi connectivity index (χ2n) is 9.11. The number of nitrogens with one attached hydrogen (secondary N) is 3. The zero-order valence-electron chi connectivity index (χ0n) is 18.5. The summed E-state index contributed by atoms with van der Waals surface area (Å²) in [4.78, 5) is 27.5. The van der Waals surface area contributed by atoms with Crippen LogP contribution in [0.25, 0.3) is 0 Å². The van der Waals surface area contributed by atoms with Gasteiger partial charge in [-0.05, 0) is 62.9 Å². The first-order chi connectivity index (χ1) is 14.2. The van der Waals surface area contributed by atoms with E-state index in [-0.39, 0.29) is 11.5 Å². The smallest absolute Gasteiger partial charge is 0.250 e. The summed E-state index contributed by atoms with van der Waals surface area (Å²) in [7, 11) is 0. The molecule has 0 aliphatic heterocycles. The van der Waals surface area contributed by atoms with E-state index in [0.29, 0.717) is 17.8 Å². The number of fused-ring (bicyclic) bond motifs is 1. The maximum absolute atomic E-state index is 12.3. The highest BCUT2D eigenvalue weighted by molar-refractivity contribution is 5.98. The molecule has 0 saturated carbocycles. The first-order valence-corrected chi connectivity index (χ1v) is 10.8. The van der Waals surface area contributed by atoms with Crippen molar-refractivity contribution in [1.82, 2.24) is 10.3 Å². The number of H-pyrrole nitrogens is 1. The molecule has 6 nitrogen and oxygen atoms in total. The third-order valence-electron chi connectivity index (χ3n) is 6.11. The molecule has 1 atom stereocenters. The summed E-state index contributed by atoms with van der Waals surface area (Å²) in [6, 6.07) is 7.47. The molecule has 5 N–H and O–H groups in total. The van der Waals surface area contributed by atoms with Crippen LogP contribution in [0.4, 0.5) is 5.69 Å². The predicted octanol–water partition coefficient (Wildman–Crippen LogP) is 3.14. The first kappa shape index (κ1) is 22.1. The minimum Gasteiger partial charge on any atom is -0.381 e. The molecule has 3 rings (SSSR count). The van der Waals surface area contributed by atoms with Crippen LogP contribution >= 0.6 is 0 Å². The highest BCUT2D eigenvalue weighted by atomic mass is 16.1. The topological polar surface area (TPSA) is 100 Å². The number of hydrogen-bond donors (Lipinski definition) is 4. The minimum atomic E-state index is -0.424. The van der Waals surface area contributed by atoms with Crippen LogP contribution in [-0.4, -0.2) is 35.8 Å². The Hall–Kier alpha value is -2.60. The van der Waals surface area contributed by atoms with Crippen molar-refractivity contribution in [1.29, 1.82) is 0 Å². The predicted molar refractivity (Wildman–Crippen MR) is 121 cm³/mol. The number of rotatable bonds is 9. The van der Waals surface area contributed by atoms with E-state index < -0.39 is 5.91 Å². The standard InChI is InChI=1S/C24H34N4O2/c1-15(27-20-9-6-5-8-17(20)23(25)30)14-26-11-7-10-19-16(2)18-12-22(29)24(3,4)13-21(18)28-19/h5-6,8-9,15,26-28H,7,10-14H2,1-4H3,(H2,25,30)/t15-/m0/s1. The number of aromatic nitrogens is 1. The van der Waals surface area contributed by atoms with Crippen LogP contribution in [0.1, 0.15) is 60.1 Å². The minimum absolute atomic E-state index is 0.165. The van der Waals surface area contributed by atoms with Crippen LogP contribution in [0.15, 0.2) is 24.3 Å². The van der Waals surface area contributed by atoms with Crippen LogP contribution in [0.2, 0.25) is 0 Å². The summed E-state index contributed by atoms with van der Waals surface area (Å²) < 4.78 is 0. The lowest BCUT2D eigenvalue weighted by Crippen LogP contribution is -2.33. The fraction of sp³-hybridized carbons (Fsp3) is 0.500. The van der Waals surface area contributed by atoms with Gasteiger partial charge in [-0.1, -0.05) is 26.0 Å². The van der Waals surface area contributed by atoms with Crippen LogP contribution in [0, 0.1) is 12.3 Å². The molecule has 0 unspecified atom stereocenters. The van der Waals surface area contributed by atoms with E-state index in [1.807, 2.05) is 32.0 Å². The first-order valence-electron chi connectivity index (χ1n) is 10.8. The molecule has 0 bridgehead atoms. The summed E-state index contributed by atoms with van der Waals surface area (Å²) in [6.07, 6.45) is 3.34. The number of nitrogens with two attached hydrogens (primary N) is 1. The number of Topliss-reactive ketones (excluding diaryl/α,β-unsaturated/α-hetero) is 1. The summed E-state index contributed by atoms with van der Waals surface area (Å²) in [5.74, 6) is -0.0860. The van der Waals surface area contributed by atoms with E-state index in [4.69, 9.17) is 5.73 Å². The number of amides is 1. The third kappa shape index (κ3) is 4.93. The maximum Gasteiger partial charge on any atom is 0.250 e. The van der Waals surface area contributed by atoms with E-state index in [1.54, 1.807) is 6.07 Å². The van der Waals surface area contributed by atoms with Gasteiger partial charge in [0.25, 0.3) is 5.91 Å². The number of primary amides is 1. The Labute approximate surface area is 179 Å². The van der Waals surface area contributed by atoms with Gasteiger partial charge in [-0.3, -0.25) is 9.59 Å². The largest absolute Gasteiger partial charge is 0.381 e. The Morgan fingerprint density at radius 2 is 2.03 bits per heavy atom. The number of hydrogen-bond acceptors (Lipinski definition) is 4. The highest BCUT2D eigenvalue weighted by Crippen LogP contribution is 2.34. The van der Waals surface area contributed by atoms with E-state index in [2.05, 4.69) is 29.5 Å². The lowest BCUT2D eigenvalue weighted by molar-refractivity contribution is -0.127. The molecule has 1 aliphatic carbocycles. The number of ketones is 1. The van der Waals surface area contributed by atoms with Gasteiger partial charge in [0.1, 0.15) is 5.78 Å². The van der Waals surface area contributed by atoms with Gasteiger partial charge in [0.05, 0.1) is 5.56 Å². The summed E-state index contributed by atoms with van der Waals surface area (Å²) in [6.45, 7) is 9.97. The molecule has 0 saturated heterocycles.